The Hall–Kier alpha value is 0.400. The van der Waals surface area contributed by atoms with E-state index in [1.807, 2.05) is 0 Å². The van der Waals surface area contributed by atoms with Gasteiger partial charge in [-0.15, -0.1) is 0 Å². The predicted molar refractivity (Wildman–Crippen MR) is 61.6 cm³/mol. The Morgan fingerprint density at radius 2 is 1.69 bits per heavy atom. The van der Waals surface area contributed by atoms with Crippen molar-refractivity contribution in [3.8, 4) is 0 Å². The van der Waals surface area contributed by atoms with Crippen LogP contribution in [0.3, 0.4) is 0 Å². The Labute approximate surface area is 90.6 Å². The molecule has 0 aliphatic rings. The van der Waals surface area contributed by atoms with Crippen molar-refractivity contribution in [3.63, 3.8) is 0 Å². The summed E-state index contributed by atoms with van der Waals surface area (Å²) in [5.74, 6) is 0. The van der Waals surface area contributed by atoms with E-state index >= 15 is 0 Å². The van der Waals surface area contributed by atoms with Gasteiger partial charge in [0.05, 0.1) is 0 Å². The Morgan fingerprint density at radius 1 is 1.00 bits per heavy atom. The van der Waals surface area contributed by atoms with Crippen molar-refractivity contribution in [2.24, 2.45) is 0 Å². The lowest BCUT2D eigenvalue weighted by Crippen LogP contribution is -2.16. The molecule has 0 aliphatic heterocycles. The van der Waals surface area contributed by atoms with E-state index in [1.54, 1.807) is 7.11 Å². The van der Waals surface area contributed by atoms with Crippen LogP contribution in [-0.2, 0) is 4.74 Å². The van der Waals surface area contributed by atoms with Crippen LogP contribution in [0.15, 0.2) is 0 Å². The van der Waals surface area contributed by atoms with Crippen LogP contribution in [0.4, 0.5) is 0 Å². The van der Waals surface area contributed by atoms with E-state index in [9.17, 15) is 0 Å². The molecule has 0 aliphatic carbocycles. The minimum atomic E-state index is 0.894. The molecule has 0 bridgehead atoms. The zero-order valence-electron chi connectivity index (χ0n) is 8.65. The molecule has 0 unspecified atom stereocenters. The summed E-state index contributed by atoms with van der Waals surface area (Å²) in [6, 6.07) is 0. The molecule has 0 fully saturated rings. The van der Waals surface area contributed by atoms with E-state index in [2.05, 4.69) is 21.2 Å². The van der Waals surface area contributed by atoms with Gasteiger partial charge in [-0.05, 0) is 38.8 Å². The third kappa shape index (κ3) is 12.4. The minimum Gasteiger partial charge on any atom is -0.385 e. The molecule has 80 valence electrons. The largest absolute Gasteiger partial charge is 0.385 e. The summed E-state index contributed by atoms with van der Waals surface area (Å²) in [4.78, 5) is 0. The molecule has 0 aromatic carbocycles. The van der Waals surface area contributed by atoms with E-state index in [4.69, 9.17) is 4.74 Å². The average Bonchev–Trinajstić information content (AvgIpc) is 2.16. The second kappa shape index (κ2) is 12.4. The van der Waals surface area contributed by atoms with E-state index in [0.717, 1.165) is 18.5 Å². The summed E-state index contributed by atoms with van der Waals surface area (Å²) in [5, 5.41) is 4.57. The van der Waals surface area contributed by atoms with Gasteiger partial charge in [0.2, 0.25) is 0 Å². The van der Waals surface area contributed by atoms with Crippen LogP contribution in [0, 0.1) is 0 Å². The van der Waals surface area contributed by atoms with Crippen LogP contribution < -0.4 is 5.32 Å². The van der Waals surface area contributed by atoms with Crippen molar-refractivity contribution in [2.45, 2.75) is 32.1 Å². The van der Waals surface area contributed by atoms with Crippen molar-refractivity contribution < 1.29 is 4.74 Å². The Kier molecular flexibility index (Phi) is 12.8. The average molecular weight is 252 g/mol. The van der Waals surface area contributed by atoms with Gasteiger partial charge in [-0.3, -0.25) is 0 Å². The highest BCUT2D eigenvalue weighted by atomic mass is 79.9. The molecule has 3 heteroatoms. The monoisotopic (exact) mass is 251 g/mol. The quantitative estimate of drug-likeness (QED) is 0.476. The number of alkyl halides is 1. The SMILES string of the molecule is COCCCCNCCCCCBr. The van der Waals surface area contributed by atoms with E-state index in [0.29, 0.717) is 0 Å². The maximum absolute atomic E-state index is 4.97. The van der Waals surface area contributed by atoms with Gasteiger partial charge < -0.3 is 10.1 Å². The number of ether oxygens (including phenoxy) is 1. The first-order chi connectivity index (χ1) is 6.41. The van der Waals surface area contributed by atoms with Crippen molar-refractivity contribution in [1.82, 2.24) is 5.32 Å². The number of nitrogens with one attached hydrogen (secondary N) is 1. The van der Waals surface area contributed by atoms with Gasteiger partial charge in [-0.25, -0.2) is 0 Å². The van der Waals surface area contributed by atoms with Gasteiger partial charge in [0, 0.05) is 19.0 Å². The highest BCUT2D eigenvalue weighted by molar-refractivity contribution is 9.09. The molecule has 0 aromatic heterocycles. The van der Waals surface area contributed by atoms with Gasteiger partial charge in [-0.1, -0.05) is 22.4 Å². The Balaban J connectivity index is 2.76. The number of hydrogen-bond acceptors (Lipinski definition) is 2. The van der Waals surface area contributed by atoms with Crippen molar-refractivity contribution >= 4 is 15.9 Å². The lowest BCUT2D eigenvalue weighted by atomic mass is 10.2. The van der Waals surface area contributed by atoms with Crippen molar-refractivity contribution in [2.75, 3.05) is 32.1 Å². The molecule has 2 nitrogen and oxygen atoms in total. The molecule has 0 heterocycles. The maximum Gasteiger partial charge on any atom is 0.0462 e. The summed E-state index contributed by atoms with van der Waals surface area (Å²) < 4.78 is 4.97. The molecule has 1 N–H and O–H groups in total. The summed E-state index contributed by atoms with van der Waals surface area (Å²) in [6.45, 7) is 3.20. The van der Waals surface area contributed by atoms with Gasteiger partial charge >= 0.3 is 0 Å². The molecule has 0 spiro atoms. The summed E-state index contributed by atoms with van der Waals surface area (Å²) >= 11 is 3.43. The molecule has 0 saturated heterocycles. The van der Waals surface area contributed by atoms with Gasteiger partial charge in [0.25, 0.3) is 0 Å². The second-order valence-electron chi connectivity index (χ2n) is 3.20. The van der Waals surface area contributed by atoms with Crippen LogP contribution >= 0.6 is 15.9 Å². The molecule has 0 amide bonds. The van der Waals surface area contributed by atoms with Gasteiger partial charge in [0.1, 0.15) is 0 Å². The lowest BCUT2D eigenvalue weighted by Gasteiger charge is -2.03. The van der Waals surface area contributed by atoms with E-state index in [1.165, 1.54) is 38.6 Å². The molecular weight excluding hydrogens is 230 g/mol. The van der Waals surface area contributed by atoms with Gasteiger partial charge in [0.15, 0.2) is 0 Å². The molecule has 0 aromatic rings. The first kappa shape index (κ1) is 13.4. The van der Waals surface area contributed by atoms with Crippen LogP contribution in [0.1, 0.15) is 32.1 Å². The van der Waals surface area contributed by atoms with E-state index < -0.39 is 0 Å². The van der Waals surface area contributed by atoms with Crippen LogP contribution in [-0.4, -0.2) is 32.1 Å². The number of rotatable bonds is 10. The fourth-order valence-electron chi connectivity index (χ4n) is 1.14. The molecule has 0 radical (unpaired) electrons. The molecule has 13 heavy (non-hydrogen) atoms. The number of methoxy groups -OCH3 is 1. The topological polar surface area (TPSA) is 21.3 Å². The Bertz CT molecular complexity index is 81.0. The molecule has 0 rings (SSSR count). The third-order valence-corrected chi connectivity index (χ3v) is 2.50. The van der Waals surface area contributed by atoms with Crippen molar-refractivity contribution in [1.29, 1.82) is 0 Å². The highest BCUT2D eigenvalue weighted by Gasteiger charge is 1.89. The number of hydrogen-bond donors (Lipinski definition) is 1. The molecule has 0 atom stereocenters. The summed E-state index contributed by atoms with van der Waals surface area (Å²) in [7, 11) is 1.76. The predicted octanol–water partition coefficient (Wildman–Crippen LogP) is 2.57. The first-order valence-corrected chi connectivity index (χ1v) is 6.29. The summed E-state index contributed by atoms with van der Waals surface area (Å²) in [6.07, 6.45) is 6.33. The first-order valence-electron chi connectivity index (χ1n) is 5.17. The lowest BCUT2D eigenvalue weighted by molar-refractivity contribution is 0.192. The minimum absolute atomic E-state index is 0.894. The number of unbranched alkanes of at least 4 members (excludes halogenated alkanes) is 3. The maximum atomic E-state index is 4.97. The fourth-order valence-corrected chi connectivity index (χ4v) is 1.54. The van der Waals surface area contributed by atoms with Crippen molar-refractivity contribution in [3.05, 3.63) is 0 Å². The van der Waals surface area contributed by atoms with Crippen LogP contribution in [0.25, 0.3) is 0 Å². The Morgan fingerprint density at radius 3 is 2.31 bits per heavy atom. The van der Waals surface area contributed by atoms with Gasteiger partial charge in [-0.2, -0.15) is 0 Å². The van der Waals surface area contributed by atoms with Crippen LogP contribution in [0.5, 0.6) is 0 Å². The normalized spacial score (nSPS) is 10.6. The standard InChI is InChI=1S/C10H22BrNO/c1-13-10-6-5-9-12-8-4-2-3-7-11/h12H,2-10H2,1H3. The highest BCUT2D eigenvalue weighted by Crippen LogP contribution is 1.97. The zero-order chi connectivity index (χ0) is 9.78. The second-order valence-corrected chi connectivity index (χ2v) is 3.99. The zero-order valence-corrected chi connectivity index (χ0v) is 10.2. The van der Waals surface area contributed by atoms with E-state index in [-0.39, 0.29) is 0 Å². The molecular formula is C10H22BrNO. The fraction of sp³-hybridized carbons (Fsp3) is 1.00. The third-order valence-electron chi connectivity index (χ3n) is 1.94. The number of halogens is 1. The van der Waals surface area contributed by atoms with Crippen LogP contribution in [0.2, 0.25) is 0 Å². The smallest absolute Gasteiger partial charge is 0.0462 e. The molecule has 0 saturated carbocycles. The summed E-state index contributed by atoms with van der Waals surface area (Å²) in [5.41, 5.74) is 0.